The minimum Gasteiger partial charge on any atom is -0.329 e. The molecule has 1 aromatic rings. The van der Waals surface area contributed by atoms with Gasteiger partial charge in [-0.1, -0.05) is 25.5 Å². The van der Waals surface area contributed by atoms with Gasteiger partial charge in [-0.3, -0.25) is 0 Å². The molecule has 0 aliphatic carbocycles. The Morgan fingerprint density at radius 3 is 2.35 bits per heavy atom. The van der Waals surface area contributed by atoms with Crippen molar-refractivity contribution in [1.82, 2.24) is 4.72 Å². The van der Waals surface area contributed by atoms with Crippen LogP contribution < -0.4 is 10.5 Å². The third-order valence-electron chi connectivity index (χ3n) is 2.48. The first-order chi connectivity index (χ1) is 7.99. The molecule has 0 fully saturated rings. The molecule has 1 unspecified atom stereocenters. The summed E-state index contributed by atoms with van der Waals surface area (Å²) in [5.74, 6) is 0. The van der Waals surface area contributed by atoms with Crippen LogP contribution in [0.25, 0.3) is 0 Å². The van der Waals surface area contributed by atoms with Crippen molar-refractivity contribution in [3.63, 3.8) is 0 Å². The summed E-state index contributed by atoms with van der Waals surface area (Å²) in [5.41, 5.74) is 6.55. The molecule has 0 aliphatic heterocycles. The average Bonchev–Trinajstić information content (AvgIpc) is 2.29. The fourth-order valence-corrected chi connectivity index (χ4v) is 2.76. The molecule has 0 amide bonds. The molecule has 96 valence electrons. The Morgan fingerprint density at radius 2 is 1.88 bits per heavy atom. The van der Waals surface area contributed by atoms with Gasteiger partial charge < -0.3 is 5.73 Å². The number of hydrogen-bond donors (Lipinski definition) is 2. The van der Waals surface area contributed by atoms with E-state index in [0.717, 1.165) is 18.4 Å². The fraction of sp³-hybridized carbons (Fsp3) is 0.500. The Balaban J connectivity index is 2.85. The van der Waals surface area contributed by atoms with E-state index in [1.54, 1.807) is 19.1 Å². The number of hydrogen-bond acceptors (Lipinski definition) is 3. The zero-order valence-corrected chi connectivity index (χ0v) is 11.1. The predicted molar refractivity (Wildman–Crippen MR) is 69.3 cm³/mol. The molecule has 1 atom stereocenters. The second kappa shape index (κ2) is 6.14. The topological polar surface area (TPSA) is 72.2 Å². The third-order valence-corrected chi connectivity index (χ3v) is 4.09. The van der Waals surface area contributed by atoms with Gasteiger partial charge >= 0.3 is 0 Å². The number of nitrogens with one attached hydrogen (secondary N) is 1. The number of rotatable bonds is 6. The maximum Gasteiger partial charge on any atom is 0.240 e. The Kier molecular flexibility index (Phi) is 5.11. The van der Waals surface area contributed by atoms with Crippen LogP contribution in [0, 0.1) is 0 Å². The van der Waals surface area contributed by atoms with Crippen LogP contribution in [0.2, 0.25) is 0 Å². The fourth-order valence-electron chi connectivity index (χ4n) is 1.50. The summed E-state index contributed by atoms with van der Waals surface area (Å²) in [6.45, 7) is 4.12. The van der Waals surface area contributed by atoms with Gasteiger partial charge in [0.05, 0.1) is 4.90 Å². The van der Waals surface area contributed by atoms with E-state index < -0.39 is 10.0 Å². The van der Waals surface area contributed by atoms with Gasteiger partial charge in [-0.05, 0) is 31.0 Å². The Hall–Kier alpha value is -0.910. The Labute approximate surface area is 103 Å². The molecule has 0 aromatic heterocycles. The molecule has 0 spiro atoms. The summed E-state index contributed by atoms with van der Waals surface area (Å²) in [6, 6.07) is 6.72. The molecule has 1 aromatic carbocycles. The monoisotopic (exact) mass is 256 g/mol. The molecule has 0 saturated carbocycles. The summed E-state index contributed by atoms with van der Waals surface area (Å²) in [7, 11) is -3.43. The Bertz CT molecular complexity index is 440. The zero-order chi connectivity index (χ0) is 12.9. The molecular formula is C12H20N2O2S. The largest absolute Gasteiger partial charge is 0.329 e. The van der Waals surface area contributed by atoms with Crippen LogP contribution in [0.4, 0.5) is 0 Å². The van der Waals surface area contributed by atoms with Crippen molar-refractivity contribution in [2.75, 3.05) is 6.54 Å². The maximum atomic E-state index is 11.9. The maximum absolute atomic E-state index is 11.9. The van der Waals surface area contributed by atoms with Crippen molar-refractivity contribution in [2.45, 2.75) is 37.6 Å². The SMILES string of the molecule is CCCc1ccc(S(=O)(=O)NC(C)CN)cc1. The normalized spacial score (nSPS) is 13.6. The van der Waals surface area contributed by atoms with Crippen molar-refractivity contribution >= 4 is 10.0 Å². The third kappa shape index (κ3) is 4.11. The van der Waals surface area contributed by atoms with E-state index in [9.17, 15) is 8.42 Å². The van der Waals surface area contributed by atoms with Crippen molar-refractivity contribution < 1.29 is 8.42 Å². The lowest BCUT2D eigenvalue weighted by molar-refractivity contribution is 0.562. The number of benzene rings is 1. The van der Waals surface area contributed by atoms with Crippen LogP contribution in [-0.4, -0.2) is 21.0 Å². The molecule has 0 radical (unpaired) electrons. The molecule has 5 heteroatoms. The van der Waals surface area contributed by atoms with Crippen molar-refractivity contribution in [3.8, 4) is 0 Å². The molecule has 0 bridgehead atoms. The molecule has 0 aliphatic rings. The molecule has 17 heavy (non-hydrogen) atoms. The second-order valence-corrected chi connectivity index (χ2v) is 5.87. The molecule has 0 heterocycles. The van der Waals surface area contributed by atoms with Gasteiger partial charge in [0.25, 0.3) is 0 Å². The number of sulfonamides is 1. The molecule has 3 N–H and O–H groups in total. The summed E-state index contributed by atoms with van der Waals surface area (Å²) < 4.78 is 26.3. The summed E-state index contributed by atoms with van der Waals surface area (Å²) in [5, 5.41) is 0. The highest BCUT2D eigenvalue weighted by atomic mass is 32.2. The van der Waals surface area contributed by atoms with Crippen molar-refractivity contribution in [3.05, 3.63) is 29.8 Å². The van der Waals surface area contributed by atoms with E-state index in [1.165, 1.54) is 0 Å². The summed E-state index contributed by atoms with van der Waals surface area (Å²) in [4.78, 5) is 0.289. The van der Waals surface area contributed by atoms with Gasteiger partial charge in [0, 0.05) is 12.6 Å². The van der Waals surface area contributed by atoms with Gasteiger partial charge in [-0.2, -0.15) is 0 Å². The highest BCUT2D eigenvalue weighted by molar-refractivity contribution is 7.89. The van der Waals surface area contributed by atoms with E-state index in [0.29, 0.717) is 0 Å². The van der Waals surface area contributed by atoms with E-state index in [1.807, 2.05) is 12.1 Å². The number of aryl methyl sites for hydroxylation is 1. The average molecular weight is 256 g/mol. The molecule has 1 rings (SSSR count). The van der Waals surface area contributed by atoms with E-state index in [2.05, 4.69) is 11.6 Å². The summed E-state index contributed by atoms with van der Waals surface area (Å²) >= 11 is 0. The minimum atomic E-state index is -3.43. The van der Waals surface area contributed by atoms with Crippen molar-refractivity contribution in [1.29, 1.82) is 0 Å². The van der Waals surface area contributed by atoms with Gasteiger partial charge in [0.2, 0.25) is 10.0 Å². The first kappa shape index (κ1) is 14.2. The number of nitrogens with two attached hydrogens (primary N) is 1. The quantitative estimate of drug-likeness (QED) is 0.805. The van der Waals surface area contributed by atoms with Gasteiger partial charge in [0.1, 0.15) is 0 Å². The molecular weight excluding hydrogens is 236 g/mol. The first-order valence-corrected chi connectivity index (χ1v) is 7.29. The summed E-state index contributed by atoms with van der Waals surface area (Å²) in [6.07, 6.45) is 2.02. The van der Waals surface area contributed by atoms with Crippen LogP contribution in [-0.2, 0) is 16.4 Å². The lowest BCUT2D eigenvalue weighted by Crippen LogP contribution is -2.37. The lowest BCUT2D eigenvalue weighted by atomic mass is 10.1. The van der Waals surface area contributed by atoms with Gasteiger partial charge in [-0.25, -0.2) is 13.1 Å². The van der Waals surface area contributed by atoms with E-state index in [4.69, 9.17) is 5.73 Å². The minimum absolute atomic E-state index is 0.254. The zero-order valence-electron chi connectivity index (χ0n) is 10.3. The van der Waals surface area contributed by atoms with Crippen LogP contribution in [0.1, 0.15) is 25.8 Å². The lowest BCUT2D eigenvalue weighted by Gasteiger charge is -2.12. The van der Waals surface area contributed by atoms with Crippen molar-refractivity contribution in [2.24, 2.45) is 5.73 Å². The Morgan fingerprint density at radius 1 is 1.29 bits per heavy atom. The molecule has 4 nitrogen and oxygen atoms in total. The predicted octanol–water partition coefficient (Wildman–Crippen LogP) is 1.26. The smallest absolute Gasteiger partial charge is 0.240 e. The molecule has 0 saturated heterocycles. The highest BCUT2D eigenvalue weighted by Crippen LogP contribution is 2.12. The van der Waals surface area contributed by atoms with Gasteiger partial charge in [-0.15, -0.1) is 0 Å². The van der Waals surface area contributed by atoms with E-state index in [-0.39, 0.29) is 17.5 Å². The highest BCUT2D eigenvalue weighted by Gasteiger charge is 2.15. The van der Waals surface area contributed by atoms with Crippen LogP contribution in [0.15, 0.2) is 29.2 Å². The second-order valence-electron chi connectivity index (χ2n) is 4.15. The van der Waals surface area contributed by atoms with E-state index >= 15 is 0 Å². The van der Waals surface area contributed by atoms with Gasteiger partial charge in [0.15, 0.2) is 0 Å². The van der Waals surface area contributed by atoms with Crippen LogP contribution in [0.3, 0.4) is 0 Å². The van der Waals surface area contributed by atoms with Crippen LogP contribution >= 0.6 is 0 Å². The first-order valence-electron chi connectivity index (χ1n) is 5.81. The van der Waals surface area contributed by atoms with Crippen LogP contribution in [0.5, 0.6) is 0 Å². The standard InChI is InChI=1S/C12H20N2O2S/c1-3-4-11-5-7-12(8-6-11)17(15,16)14-10(2)9-13/h5-8,10,14H,3-4,9,13H2,1-2H3.